The Morgan fingerprint density at radius 1 is 1.30 bits per heavy atom. The first kappa shape index (κ1) is 15.8. The molecule has 0 bridgehead atoms. The third kappa shape index (κ3) is 2.37. The number of nitrogens with zero attached hydrogens (tertiary/aromatic N) is 2. The van der Waals surface area contributed by atoms with Gasteiger partial charge in [0.2, 0.25) is 0 Å². The second-order valence-corrected chi connectivity index (χ2v) is 5.85. The van der Waals surface area contributed by atoms with Gasteiger partial charge in [0, 0.05) is 17.0 Å². The third-order valence-corrected chi connectivity index (χ3v) is 4.38. The molecular formula is C15H16F3N3O2. The monoisotopic (exact) mass is 327 g/mol. The fourth-order valence-electron chi connectivity index (χ4n) is 3.17. The topological polar surface area (TPSA) is 78.9 Å². The van der Waals surface area contributed by atoms with Crippen molar-refractivity contribution < 1.29 is 23.1 Å². The van der Waals surface area contributed by atoms with Gasteiger partial charge in [-0.1, -0.05) is 6.42 Å². The molecule has 0 spiro atoms. The molecule has 1 heterocycles. The van der Waals surface area contributed by atoms with Crippen molar-refractivity contribution in [2.24, 2.45) is 11.0 Å². The van der Waals surface area contributed by atoms with Gasteiger partial charge in [0.25, 0.3) is 11.6 Å². The Morgan fingerprint density at radius 3 is 2.57 bits per heavy atom. The second kappa shape index (κ2) is 5.23. The van der Waals surface area contributed by atoms with Gasteiger partial charge in [-0.25, -0.2) is 0 Å². The molecule has 8 heteroatoms. The van der Waals surface area contributed by atoms with Crippen molar-refractivity contribution in [2.45, 2.75) is 37.6 Å². The Balaban J connectivity index is 2.03. The summed E-state index contributed by atoms with van der Waals surface area (Å²) in [5, 5.41) is 14.4. The van der Waals surface area contributed by atoms with E-state index in [1.54, 1.807) is 0 Å². The summed E-state index contributed by atoms with van der Waals surface area (Å²) in [5.41, 5.74) is 2.84. The molecular weight excluding hydrogens is 311 g/mol. The minimum atomic E-state index is -5.00. The van der Waals surface area contributed by atoms with Crippen molar-refractivity contribution in [1.29, 1.82) is 0 Å². The smallest absolute Gasteiger partial charge is 0.399 e. The Labute approximate surface area is 130 Å². The number of anilines is 1. The van der Waals surface area contributed by atoms with Gasteiger partial charge in [0.15, 0.2) is 0 Å². The normalized spacial score (nSPS) is 27.6. The zero-order valence-electron chi connectivity index (χ0n) is 12.2. The van der Waals surface area contributed by atoms with Crippen LogP contribution < -0.4 is 5.73 Å². The Bertz CT molecular complexity index is 657. The van der Waals surface area contributed by atoms with E-state index < -0.39 is 23.7 Å². The molecule has 0 saturated heterocycles. The fraction of sp³-hybridized carbons (Fsp3) is 0.467. The largest absolute Gasteiger partial charge is 0.439 e. The van der Waals surface area contributed by atoms with Crippen LogP contribution in [0.3, 0.4) is 0 Å². The molecule has 1 amide bonds. The first-order valence-electron chi connectivity index (χ1n) is 7.31. The van der Waals surface area contributed by atoms with Gasteiger partial charge < -0.3 is 10.8 Å². The van der Waals surface area contributed by atoms with E-state index >= 15 is 0 Å². The lowest BCUT2D eigenvalue weighted by Crippen LogP contribution is -2.61. The molecule has 2 atom stereocenters. The summed E-state index contributed by atoms with van der Waals surface area (Å²) in [7, 11) is 0. The standard InChI is InChI=1S/C15H16F3N3O2/c16-15(17,18)14(23)11-3-1-2-4-12(11)20-21(14)13(22)9-5-7-10(19)8-6-9/h5-8,11,23H,1-4,19H2/t11-,14+/m0/s1. The molecule has 23 heavy (non-hydrogen) atoms. The van der Waals surface area contributed by atoms with E-state index in [2.05, 4.69) is 5.10 Å². The highest BCUT2D eigenvalue weighted by Crippen LogP contribution is 2.48. The van der Waals surface area contributed by atoms with E-state index in [4.69, 9.17) is 5.73 Å². The number of rotatable bonds is 1. The first-order chi connectivity index (χ1) is 10.7. The summed E-state index contributed by atoms with van der Waals surface area (Å²) in [6.07, 6.45) is -3.22. The molecule has 124 valence electrons. The molecule has 1 fully saturated rings. The number of nitrogen functional groups attached to an aromatic ring is 1. The lowest BCUT2D eigenvalue weighted by Gasteiger charge is -2.38. The van der Waals surface area contributed by atoms with E-state index in [1.807, 2.05) is 0 Å². The van der Waals surface area contributed by atoms with Crippen LogP contribution in [0.1, 0.15) is 36.0 Å². The number of hydrazone groups is 1. The molecule has 1 aliphatic heterocycles. The summed E-state index contributed by atoms with van der Waals surface area (Å²) >= 11 is 0. The Kier molecular flexibility index (Phi) is 3.59. The van der Waals surface area contributed by atoms with Crippen LogP contribution in [0.2, 0.25) is 0 Å². The number of halogens is 3. The lowest BCUT2D eigenvalue weighted by molar-refractivity contribution is -0.312. The Morgan fingerprint density at radius 2 is 1.96 bits per heavy atom. The average Bonchev–Trinajstić information content (AvgIpc) is 2.82. The number of fused-ring (bicyclic) bond motifs is 1. The maximum atomic E-state index is 13.6. The van der Waals surface area contributed by atoms with Gasteiger partial charge in [0.1, 0.15) is 0 Å². The molecule has 3 rings (SSSR count). The second-order valence-electron chi connectivity index (χ2n) is 5.85. The minimum absolute atomic E-state index is 0.00938. The number of alkyl halides is 3. The van der Waals surface area contributed by atoms with Crippen LogP contribution in [0.25, 0.3) is 0 Å². The van der Waals surface area contributed by atoms with E-state index in [-0.39, 0.29) is 22.7 Å². The molecule has 1 aromatic carbocycles. The van der Waals surface area contributed by atoms with Gasteiger partial charge >= 0.3 is 6.18 Å². The SMILES string of the molecule is Nc1ccc(C(=O)N2N=C3CCCC[C@@H]3[C@@]2(O)C(F)(F)F)cc1. The lowest BCUT2D eigenvalue weighted by atomic mass is 9.80. The van der Waals surface area contributed by atoms with Gasteiger partial charge in [-0.05, 0) is 43.5 Å². The Hall–Kier alpha value is -2.09. The first-order valence-corrected chi connectivity index (χ1v) is 7.31. The maximum absolute atomic E-state index is 13.6. The van der Waals surface area contributed by atoms with Crippen LogP contribution in [0, 0.1) is 5.92 Å². The fourth-order valence-corrected chi connectivity index (χ4v) is 3.17. The molecule has 5 nitrogen and oxygen atoms in total. The summed E-state index contributed by atoms with van der Waals surface area (Å²) in [6.45, 7) is 0. The number of hydrogen-bond acceptors (Lipinski definition) is 4. The van der Waals surface area contributed by atoms with Crippen LogP contribution >= 0.6 is 0 Å². The number of aliphatic hydroxyl groups is 1. The highest BCUT2D eigenvalue weighted by Gasteiger charge is 2.68. The number of carbonyl (C=O) groups excluding carboxylic acids is 1. The van der Waals surface area contributed by atoms with Crippen molar-refractivity contribution in [2.75, 3.05) is 5.73 Å². The van der Waals surface area contributed by atoms with Gasteiger partial charge in [-0.15, -0.1) is 0 Å². The van der Waals surface area contributed by atoms with Crippen molar-refractivity contribution in [3.63, 3.8) is 0 Å². The van der Waals surface area contributed by atoms with Crippen molar-refractivity contribution in [1.82, 2.24) is 5.01 Å². The zero-order chi connectivity index (χ0) is 16.8. The summed E-state index contributed by atoms with van der Waals surface area (Å²) in [4.78, 5) is 12.5. The van der Waals surface area contributed by atoms with Crippen LogP contribution in [0.5, 0.6) is 0 Å². The molecule has 1 aromatic rings. The number of carbonyl (C=O) groups is 1. The van der Waals surface area contributed by atoms with Gasteiger partial charge in [0.05, 0.1) is 5.92 Å². The van der Waals surface area contributed by atoms with E-state index in [1.165, 1.54) is 24.3 Å². The van der Waals surface area contributed by atoms with Crippen LogP contribution in [0.15, 0.2) is 29.4 Å². The number of amides is 1. The summed E-state index contributed by atoms with van der Waals surface area (Å²) in [5.74, 6) is -2.19. The molecule has 1 aliphatic carbocycles. The van der Waals surface area contributed by atoms with E-state index in [9.17, 15) is 23.1 Å². The molecule has 3 N–H and O–H groups in total. The number of hydrogen-bond donors (Lipinski definition) is 2. The van der Waals surface area contributed by atoms with Gasteiger partial charge in [-0.2, -0.15) is 23.3 Å². The van der Waals surface area contributed by atoms with Crippen molar-refractivity contribution in [3.05, 3.63) is 29.8 Å². The van der Waals surface area contributed by atoms with Crippen molar-refractivity contribution >= 4 is 17.3 Å². The molecule has 1 saturated carbocycles. The van der Waals surface area contributed by atoms with Crippen molar-refractivity contribution in [3.8, 4) is 0 Å². The summed E-state index contributed by atoms with van der Waals surface area (Å²) < 4.78 is 40.7. The highest BCUT2D eigenvalue weighted by atomic mass is 19.4. The predicted molar refractivity (Wildman–Crippen MR) is 77.4 cm³/mol. The zero-order valence-corrected chi connectivity index (χ0v) is 12.2. The molecule has 2 aliphatic rings. The third-order valence-electron chi connectivity index (χ3n) is 4.38. The predicted octanol–water partition coefficient (Wildman–Crippen LogP) is 2.52. The highest BCUT2D eigenvalue weighted by molar-refractivity contribution is 5.99. The quantitative estimate of drug-likeness (QED) is 0.778. The van der Waals surface area contributed by atoms with E-state index in [0.29, 0.717) is 24.9 Å². The van der Waals surface area contributed by atoms with Crippen LogP contribution in [0.4, 0.5) is 18.9 Å². The number of nitrogens with two attached hydrogens (primary N) is 1. The molecule has 0 unspecified atom stereocenters. The average molecular weight is 327 g/mol. The molecule has 0 aromatic heterocycles. The number of benzene rings is 1. The maximum Gasteiger partial charge on any atom is 0.439 e. The van der Waals surface area contributed by atoms with E-state index in [0.717, 1.165) is 0 Å². The van der Waals surface area contributed by atoms with Crippen LogP contribution in [-0.2, 0) is 0 Å². The summed E-state index contributed by atoms with van der Waals surface area (Å²) in [6, 6.07) is 5.46. The minimum Gasteiger partial charge on any atom is -0.399 e. The molecule has 0 radical (unpaired) electrons. The van der Waals surface area contributed by atoms with Crippen LogP contribution in [-0.4, -0.2) is 33.6 Å². The van der Waals surface area contributed by atoms with Gasteiger partial charge in [-0.3, -0.25) is 4.79 Å².